The number of nitrogens with zero attached hydrogens (tertiary/aromatic N) is 1. The Kier molecular flexibility index (Phi) is 5.53. The topological polar surface area (TPSA) is 58.4 Å². The van der Waals surface area contributed by atoms with Gasteiger partial charge in [0, 0.05) is 41.4 Å². The van der Waals surface area contributed by atoms with E-state index in [2.05, 4.69) is 24.1 Å². The second-order valence-corrected chi connectivity index (χ2v) is 7.96. The maximum absolute atomic E-state index is 11.9. The number of hydrogen-bond acceptors (Lipinski definition) is 4. The van der Waals surface area contributed by atoms with E-state index in [0.717, 1.165) is 31.7 Å². The van der Waals surface area contributed by atoms with Crippen molar-refractivity contribution >= 4 is 29.0 Å². The lowest BCUT2D eigenvalue weighted by Crippen LogP contribution is -2.43. The first kappa shape index (κ1) is 16.2. The van der Waals surface area contributed by atoms with Gasteiger partial charge in [-0.1, -0.05) is 0 Å². The Hall–Kier alpha value is -1.20. The van der Waals surface area contributed by atoms with Crippen LogP contribution in [0.1, 0.15) is 26.7 Å². The maximum Gasteiger partial charge on any atom is 0.224 e. The van der Waals surface area contributed by atoms with Gasteiger partial charge in [-0.3, -0.25) is 4.79 Å². The smallest absolute Gasteiger partial charge is 0.224 e. The van der Waals surface area contributed by atoms with E-state index in [0.29, 0.717) is 16.9 Å². The number of carbonyl (C=O) groups is 1. The lowest BCUT2D eigenvalue weighted by molar-refractivity contribution is -0.116. The Morgan fingerprint density at radius 3 is 2.76 bits per heavy atom. The predicted octanol–water partition coefficient (Wildman–Crippen LogP) is 2.81. The first-order chi connectivity index (χ1) is 9.94. The number of thioether (sulfide) groups is 1. The van der Waals surface area contributed by atoms with Crippen LogP contribution in [0.3, 0.4) is 0 Å². The minimum atomic E-state index is 0.0745. The maximum atomic E-state index is 11.9. The number of nitrogens with one attached hydrogen (secondary N) is 1. The number of anilines is 2. The SMILES string of the molecule is CC1(C)CN(CCCC(=O)Nc2ccc(N)cc2)CCS1. The van der Waals surface area contributed by atoms with Crippen LogP contribution in [0.15, 0.2) is 24.3 Å². The molecule has 0 aromatic heterocycles. The van der Waals surface area contributed by atoms with Gasteiger partial charge in [0.25, 0.3) is 0 Å². The van der Waals surface area contributed by atoms with Crippen molar-refractivity contribution in [1.29, 1.82) is 0 Å². The minimum Gasteiger partial charge on any atom is -0.399 e. The van der Waals surface area contributed by atoms with Crippen molar-refractivity contribution in [1.82, 2.24) is 4.90 Å². The Bertz CT molecular complexity index is 473. The molecule has 0 unspecified atom stereocenters. The lowest BCUT2D eigenvalue weighted by atomic mass is 10.1. The highest BCUT2D eigenvalue weighted by Crippen LogP contribution is 2.29. The van der Waals surface area contributed by atoms with Crippen LogP contribution in [0.4, 0.5) is 11.4 Å². The molecule has 0 spiro atoms. The molecule has 0 aliphatic carbocycles. The molecule has 1 aliphatic rings. The van der Waals surface area contributed by atoms with Crippen molar-refractivity contribution in [3.63, 3.8) is 0 Å². The summed E-state index contributed by atoms with van der Waals surface area (Å²) in [6, 6.07) is 7.25. The summed E-state index contributed by atoms with van der Waals surface area (Å²) in [6.45, 7) is 7.82. The molecule has 1 saturated heterocycles. The van der Waals surface area contributed by atoms with E-state index in [-0.39, 0.29) is 5.91 Å². The molecule has 0 saturated carbocycles. The van der Waals surface area contributed by atoms with Gasteiger partial charge in [0.2, 0.25) is 5.91 Å². The van der Waals surface area contributed by atoms with Gasteiger partial charge >= 0.3 is 0 Å². The van der Waals surface area contributed by atoms with Gasteiger partial charge in [0.05, 0.1) is 0 Å². The van der Waals surface area contributed by atoms with Crippen LogP contribution in [0.2, 0.25) is 0 Å². The van der Waals surface area contributed by atoms with Crippen LogP contribution < -0.4 is 11.1 Å². The average molecular weight is 307 g/mol. The summed E-state index contributed by atoms with van der Waals surface area (Å²) in [7, 11) is 0. The van der Waals surface area contributed by atoms with E-state index in [1.165, 1.54) is 5.75 Å². The summed E-state index contributed by atoms with van der Waals surface area (Å²) < 4.78 is 0.338. The first-order valence-electron chi connectivity index (χ1n) is 7.46. The van der Waals surface area contributed by atoms with Gasteiger partial charge in [-0.05, 0) is 51.1 Å². The van der Waals surface area contributed by atoms with Gasteiger partial charge in [0.15, 0.2) is 0 Å². The van der Waals surface area contributed by atoms with E-state index in [4.69, 9.17) is 5.73 Å². The quantitative estimate of drug-likeness (QED) is 0.821. The molecule has 116 valence electrons. The fraction of sp³-hybridized carbons (Fsp3) is 0.562. The molecule has 4 nitrogen and oxygen atoms in total. The number of nitrogens with two attached hydrogens (primary N) is 1. The monoisotopic (exact) mass is 307 g/mol. The van der Waals surface area contributed by atoms with Crippen LogP contribution >= 0.6 is 11.8 Å². The molecule has 1 fully saturated rings. The zero-order chi connectivity index (χ0) is 15.3. The minimum absolute atomic E-state index is 0.0745. The van der Waals surface area contributed by atoms with Crippen molar-refractivity contribution < 1.29 is 4.79 Å². The molecule has 1 aromatic rings. The highest BCUT2D eigenvalue weighted by molar-refractivity contribution is 8.00. The van der Waals surface area contributed by atoms with Crippen molar-refractivity contribution in [3.8, 4) is 0 Å². The molecule has 1 aliphatic heterocycles. The molecule has 0 atom stereocenters. The molecule has 1 heterocycles. The van der Waals surface area contributed by atoms with Gasteiger partial charge < -0.3 is 16.0 Å². The summed E-state index contributed by atoms with van der Waals surface area (Å²) in [4.78, 5) is 14.4. The highest BCUT2D eigenvalue weighted by Gasteiger charge is 2.26. The Labute approximate surface area is 131 Å². The van der Waals surface area contributed by atoms with Crippen LogP contribution in [0, 0.1) is 0 Å². The zero-order valence-electron chi connectivity index (χ0n) is 12.9. The Morgan fingerprint density at radius 1 is 1.38 bits per heavy atom. The van der Waals surface area contributed by atoms with Crippen LogP contribution in [-0.2, 0) is 4.79 Å². The summed E-state index contributed by atoms with van der Waals surface area (Å²) >= 11 is 2.04. The van der Waals surface area contributed by atoms with Crippen LogP contribution in [0.25, 0.3) is 0 Å². The van der Waals surface area contributed by atoms with Crippen molar-refractivity contribution in [2.45, 2.75) is 31.4 Å². The molecule has 0 radical (unpaired) electrons. The van der Waals surface area contributed by atoms with Gasteiger partial charge in [0.1, 0.15) is 0 Å². The second-order valence-electron chi connectivity index (χ2n) is 6.16. The lowest BCUT2D eigenvalue weighted by Gasteiger charge is -2.37. The van der Waals surface area contributed by atoms with Crippen LogP contribution in [0.5, 0.6) is 0 Å². The summed E-state index contributed by atoms with van der Waals surface area (Å²) in [5, 5.41) is 2.91. The molecular weight excluding hydrogens is 282 g/mol. The molecule has 1 amide bonds. The summed E-state index contributed by atoms with van der Waals surface area (Å²) in [5.41, 5.74) is 7.14. The number of hydrogen-bond donors (Lipinski definition) is 2. The number of rotatable bonds is 5. The Morgan fingerprint density at radius 2 is 2.10 bits per heavy atom. The van der Waals surface area contributed by atoms with Gasteiger partial charge in [-0.25, -0.2) is 0 Å². The molecule has 21 heavy (non-hydrogen) atoms. The number of carbonyl (C=O) groups excluding carboxylic acids is 1. The molecule has 5 heteroatoms. The van der Waals surface area contributed by atoms with Crippen molar-refractivity contribution in [2.75, 3.05) is 36.4 Å². The fourth-order valence-corrected chi connectivity index (χ4v) is 3.73. The average Bonchev–Trinajstić information content (AvgIpc) is 2.40. The number of amides is 1. The fourth-order valence-electron chi connectivity index (χ4n) is 2.56. The second kappa shape index (κ2) is 7.18. The summed E-state index contributed by atoms with van der Waals surface area (Å²) in [5.74, 6) is 1.26. The third-order valence-corrected chi connectivity index (χ3v) is 4.87. The summed E-state index contributed by atoms with van der Waals surface area (Å²) in [6.07, 6.45) is 1.47. The van der Waals surface area contributed by atoms with E-state index in [9.17, 15) is 4.79 Å². The van der Waals surface area contributed by atoms with Crippen molar-refractivity contribution in [2.24, 2.45) is 0 Å². The van der Waals surface area contributed by atoms with E-state index < -0.39 is 0 Å². The number of benzene rings is 1. The van der Waals surface area contributed by atoms with Gasteiger partial charge in [-0.2, -0.15) is 11.8 Å². The van der Waals surface area contributed by atoms with E-state index in [1.54, 1.807) is 12.1 Å². The molecule has 3 N–H and O–H groups in total. The predicted molar refractivity (Wildman–Crippen MR) is 91.7 cm³/mol. The van der Waals surface area contributed by atoms with Gasteiger partial charge in [-0.15, -0.1) is 0 Å². The van der Waals surface area contributed by atoms with E-state index in [1.807, 2.05) is 23.9 Å². The third kappa shape index (κ3) is 5.59. The molecule has 1 aromatic carbocycles. The van der Waals surface area contributed by atoms with E-state index >= 15 is 0 Å². The molecule has 2 rings (SSSR count). The third-order valence-electron chi connectivity index (χ3n) is 3.58. The van der Waals surface area contributed by atoms with Crippen LogP contribution in [-0.4, -0.2) is 40.9 Å². The zero-order valence-corrected chi connectivity index (χ0v) is 13.7. The normalized spacial score (nSPS) is 18.4. The molecular formula is C16H25N3OS. The largest absolute Gasteiger partial charge is 0.399 e. The number of nitrogen functional groups attached to an aromatic ring is 1. The standard InChI is InChI=1S/C16H25N3OS/c1-16(2)12-19(10-11-21-16)9-3-4-15(20)18-14-7-5-13(17)6-8-14/h5-8H,3-4,9-12,17H2,1-2H3,(H,18,20). The Balaban J connectivity index is 1.68. The first-order valence-corrected chi connectivity index (χ1v) is 8.45. The highest BCUT2D eigenvalue weighted by atomic mass is 32.2. The van der Waals surface area contributed by atoms with Crippen molar-refractivity contribution in [3.05, 3.63) is 24.3 Å². The molecule has 0 bridgehead atoms.